The molecule has 0 saturated heterocycles. The Kier molecular flexibility index (Phi) is 6.13. The minimum absolute atomic E-state index is 0. The second kappa shape index (κ2) is 8.57. The van der Waals surface area contributed by atoms with E-state index in [1.807, 2.05) is 4.68 Å². The van der Waals surface area contributed by atoms with Gasteiger partial charge in [-0.25, -0.2) is 4.68 Å². The van der Waals surface area contributed by atoms with Crippen molar-refractivity contribution in [2.75, 3.05) is 18.2 Å². The zero-order valence-corrected chi connectivity index (χ0v) is 17.4. The molecule has 4 rings (SSSR count). The number of nitrogen functional groups attached to an aromatic ring is 1. The van der Waals surface area contributed by atoms with E-state index in [4.69, 9.17) is 10.5 Å². The van der Waals surface area contributed by atoms with Gasteiger partial charge in [-0.05, 0) is 55.5 Å². The number of nitrogens with two attached hydrogens (primary N) is 1. The number of halogens is 1. The molecule has 3 N–H and O–H groups in total. The van der Waals surface area contributed by atoms with Crippen molar-refractivity contribution in [3.05, 3.63) is 65.0 Å². The van der Waals surface area contributed by atoms with Crippen LogP contribution in [0.3, 0.4) is 0 Å². The summed E-state index contributed by atoms with van der Waals surface area (Å²) in [5.74, 6) is 0.387. The Morgan fingerprint density at radius 1 is 1.21 bits per heavy atom. The number of nitrogens with one attached hydrogen (secondary N) is 1. The van der Waals surface area contributed by atoms with Crippen LogP contribution in [0, 0.1) is 0 Å². The van der Waals surface area contributed by atoms with Gasteiger partial charge in [0.15, 0.2) is 5.69 Å². The molecule has 0 aliphatic heterocycles. The van der Waals surface area contributed by atoms with E-state index in [9.17, 15) is 4.79 Å². The van der Waals surface area contributed by atoms with Gasteiger partial charge in [-0.15, -0.1) is 12.4 Å². The maximum absolute atomic E-state index is 13.0. The molecule has 0 unspecified atom stereocenters. The predicted molar refractivity (Wildman–Crippen MR) is 118 cm³/mol. The summed E-state index contributed by atoms with van der Waals surface area (Å²) in [6.45, 7) is 2.13. The lowest BCUT2D eigenvalue weighted by Gasteiger charge is -2.09. The number of anilines is 2. The van der Waals surface area contributed by atoms with Gasteiger partial charge in [-0.1, -0.05) is 19.1 Å². The maximum atomic E-state index is 13.0. The minimum Gasteiger partial charge on any atom is -0.497 e. The lowest BCUT2D eigenvalue weighted by molar-refractivity contribution is 0.102. The number of aryl methyl sites for hydroxylation is 1. The van der Waals surface area contributed by atoms with Crippen LogP contribution in [0.25, 0.3) is 5.69 Å². The third kappa shape index (κ3) is 3.93. The average molecular weight is 413 g/mol. The summed E-state index contributed by atoms with van der Waals surface area (Å²) in [5, 5.41) is 7.55. The summed E-state index contributed by atoms with van der Waals surface area (Å²) in [7, 11) is 1.58. The minimum atomic E-state index is -0.248. The van der Waals surface area contributed by atoms with E-state index in [0.717, 1.165) is 42.6 Å². The summed E-state index contributed by atoms with van der Waals surface area (Å²) < 4.78 is 7.13. The van der Waals surface area contributed by atoms with Crippen molar-refractivity contribution in [2.45, 2.75) is 32.6 Å². The number of ether oxygens (including phenoxy) is 1. The zero-order chi connectivity index (χ0) is 19.7. The second-order valence-electron chi connectivity index (χ2n) is 6.97. The van der Waals surface area contributed by atoms with Crippen molar-refractivity contribution in [1.29, 1.82) is 0 Å². The summed E-state index contributed by atoms with van der Waals surface area (Å²) in [6, 6.07) is 13.5. The van der Waals surface area contributed by atoms with Crippen LogP contribution in [-0.4, -0.2) is 22.8 Å². The number of methoxy groups -OCH3 is 1. The molecule has 0 spiro atoms. The molecular weight excluding hydrogens is 388 g/mol. The van der Waals surface area contributed by atoms with Crippen molar-refractivity contribution in [3.8, 4) is 11.4 Å². The molecule has 0 saturated carbocycles. The Balaban J connectivity index is 0.00000240. The smallest absolute Gasteiger partial charge is 0.276 e. The van der Waals surface area contributed by atoms with Gasteiger partial charge in [-0.3, -0.25) is 4.79 Å². The highest BCUT2D eigenvalue weighted by molar-refractivity contribution is 6.05. The Morgan fingerprint density at radius 2 is 1.97 bits per heavy atom. The average Bonchev–Trinajstić information content (AvgIpc) is 3.32. The number of amides is 1. The summed E-state index contributed by atoms with van der Waals surface area (Å²) >= 11 is 0. The van der Waals surface area contributed by atoms with Gasteiger partial charge in [0.2, 0.25) is 0 Å². The first-order valence-electron chi connectivity index (χ1n) is 9.55. The van der Waals surface area contributed by atoms with Gasteiger partial charge in [0.1, 0.15) is 5.75 Å². The Labute approximate surface area is 176 Å². The van der Waals surface area contributed by atoms with Gasteiger partial charge >= 0.3 is 0 Å². The molecule has 6 nitrogen and oxygen atoms in total. The number of hydrogen-bond acceptors (Lipinski definition) is 4. The van der Waals surface area contributed by atoms with Crippen LogP contribution >= 0.6 is 12.4 Å². The first kappa shape index (κ1) is 20.7. The van der Waals surface area contributed by atoms with Crippen molar-refractivity contribution >= 4 is 29.7 Å². The molecule has 1 aliphatic carbocycles. The Bertz CT molecular complexity index is 1030. The number of benzene rings is 2. The summed E-state index contributed by atoms with van der Waals surface area (Å²) in [6.07, 6.45) is 3.81. The fraction of sp³-hybridized carbons (Fsp3) is 0.273. The van der Waals surface area contributed by atoms with Gasteiger partial charge in [-0.2, -0.15) is 5.10 Å². The van der Waals surface area contributed by atoms with Crippen LogP contribution in [0.5, 0.6) is 5.75 Å². The number of aromatic nitrogens is 2. The summed E-state index contributed by atoms with van der Waals surface area (Å²) in [5.41, 5.74) is 11.9. The van der Waals surface area contributed by atoms with Crippen LogP contribution in [0.4, 0.5) is 11.4 Å². The highest BCUT2D eigenvalue weighted by Crippen LogP contribution is 2.30. The lowest BCUT2D eigenvalue weighted by Crippen LogP contribution is -2.16. The van der Waals surface area contributed by atoms with Gasteiger partial charge in [0.25, 0.3) is 5.91 Å². The van der Waals surface area contributed by atoms with Gasteiger partial charge < -0.3 is 15.8 Å². The highest BCUT2D eigenvalue weighted by atomic mass is 35.5. The molecule has 0 radical (unpaired) electrons. The topological polar surface area (TPSA) is 82.2 Å². The molecule has 152 valence electrons. The zero-order valence-electron chi connectivity index (χ0n) is 16.6. The maximum Gasteiger partial charge on any atom is 0.276 e. The van der Waals surface area contributed by atoms with E-state index >= 15 is 0 Å². The number of hydrogen-bond donors (Lipinski definition) is 2. The molecule has 0 fully saturated rings. The second-order valence-corrected chi connectivity index (χ2v) is 6.97. The molecule has 1 aromatic heterocycles. The summed E-state index contributed by atoms with van der Waals surface area (Å²) in [4.78, 5) is 13.0. The van der Waals surface area contributed by atoms with E-state index in [1.165, 1.54) is 5.56 Å². The van der Waals surface area contributed by atoms with Crippen molar-refractivity contribution in [1.82, 2.24) is 9.78 Å². The van der Waals surface area contributed by atoms with Crippen LogP contribution < -0.4 is 15.8 Å². The first-order valence-corrected chi connectivity index (χ1v) is 9.55. The quantitative estimate of drug-likeness (QED) is 0.615. The normalized spacial score (nSPS) is 12.2. The number of rotatable bonds is 5. The van der Waals surface area contributed by atoms with Crippen LogP contribution in [0.1, 0.15) is 40.7 Å². The largest absolute Gasteiger partial charge is 0.497 e. The van der Waals surface area contributed by atoms with E-state index < -0.39 is 0 Å². The van der Waals surface area contributed by atoms with Crippen molar-refractivity contribution in [3.63, 3.8) is 0 Å². The Hall–Kier alpha value is -2.99. The molecule has 2 aromatic carbocycles. The van der Waals surface area contributed by atoms with Crippen LogP contribution in [-0.2, 0) is 19.3 Å². The third-order valence-electron chi connectivity index (χ3n) is 5.24. The molecule has 7 heteroatoms. The molecule has 29 heavy (non-hydrogen) atoms. The lowest BCUT2D eigenvalue weighted by atomic mass is 10.1. The molecule has 1 amide bonds. The molecule has 0 bridgehead atoms. The number of fused-ring (bicyclic) bond motifs is 1. The molecule has 3 aromatic rings. The van der Waals surface area contributed by atoms with E-state index in [-0.39, 0.29) is 18.3 Å². The first-order chi connectivity index (χ1) is 13.6. The monoisotopic (exact) mass is 412 g/mol. The van der Waals surface area contributed by atoms with E-state index in [2.05, 4.69) is 41.6 Å². The highest BCUT2D eigenvalue weighted by Gasteiger charge is 2.27. The Morgan fingerprint density at radius 3 is 2.66 bits per heavy atom. The van der Waals surface area contributed by atoms with E-state index in [0.29, 0.717) is 22.8 Å². The van der Waals surface area contributed by atoms with Gasteiger partial charge in [0, 0.05) is 17.3 Å². The fourth-order valence-electron chi connectivity index (χ4n) is 3.66. The SMILES string of the molecule is CCc1ccc(-n2nc(C(=O)Nc3cc(OC)ccc3N)c3c2CCC3)cc1.Cl. The van der Waals surface area contributed by atoms with Crippen molar-refractivity contribution < 1.29 is 9.53 Å². The van der Waals surface area contributed by atoms with Crippen LogP contribution in [0.2, 0.25) is 0 Å². The molecule has 0 atom stereocenters. The molecule has 1 heterocycles. The number of nitrogens with zero attached hydrogens (tertiary/aromatic N) is 2. The molecular formula is C22H25ClN4O2. The standard InChI is InChI=1S/C22H24N4O2.ClH/c1-3-14-7-9-15(10-8-14)26-20-6-4-5-17(20)21(25-26)22(27)24-19-13-16(28-2)11-12-18(19)23;/h7-13H,3-6,23H2,1-2H3,(H,24,27);1H. The predicted octanol–water partition coefficient (Wildman–Crippen LogP) is 4.19. The van der Waals surface area contributed by atoms with E-state index in [1.54, 1.807) is 25.3 Å². The third-order valence-corrected chi connectivity index (χ3v) is 5.24. The number of carbonyl (C=O) groups excluding carboxylic acids is 1. The fourth-order valence-corrected chi connectivity index (χ4v) is 3.66. The molecule has 1 aliphatic rings. The van der Waals surface area contributed by atoms with Crippen LogP contribution in [0.15, 0.2) is 42.5 Å². The van der Waals surface area contributed by atoms with Crippen molar-refractivity contribution in [2.24, 2.45) is 0 Å². The van der Waals surface area contributed by atoms with Gasteiger partial charge in [0.05, 0.1) is 24.2 Å². The number of carbonyl (C=O) groups is 1.